The van der Waals surface area contributed by atoms with Crippen LogP contribution in [0.3, 0.4) is 0 Å². The molecule has 0 aliphatic carbocycles. The molecule has 0 saturated heterocycles. The third-order valence-corrected chi connectivity index (χ3v) is 6.89. The van der Waals surface area contributed by atoms with Crippen LogP contribution in [0.25, 0.3) is 0 Å². The van der Waals surface area contributed by atoms with Crippen molar-refractivity contribution >= 4 is 28.9 Å². The number of benzene rings is 1. The second-order valence-electron chi connectivity index (χ2n) is 3.20. The van der Waals surface area contributed by atoms with E-state index in [1.54, 1.807) is 0 Å². The quantitative estimate of drug-likeness (QED) is 0.541. The molecule has 1 rings (SSSR count). The molecule has 1 aromatic carbocycles. The van der Waals surface area contributed by atoms with Crippen molar-refractivity contribution in [3.8, 4) is 0 Å². The summed E-state index contributed by atoms with van der Waals surface area (Å²) in [6, 6.07) is 12.2. The molecule has 0 amide bonds. The van der Waals surface area contributed by atoms with Gasteiger partial charge in [0, 0.05) is 0 Å². The Kier molecular flexibility index (Phi) is 4.30. The van der Waals surface area contributed by atoms with Gasteiger partial charge in [0.05, 0.1) is 0 Å². The number of hydrogen-bond donors (Lipinski definition) is 0. The van der Waals surface area contributed by atoms with Gasteiger partial charge in [-0.05, 0) is 24.1 Å². The number of halogens is 2. The van der Waals surface area contributed by atoms with Crippen molar-refractivity contribution in [1.29, 1.82) is 0 Å². The molecular formula is C10H14Cl2Si. The zero-order valence-corrected chi connectivity index (χ0v) is 10.3. The van der Waals surface area contributed by atoms with E-state index in [-0.39, 0.29) is 0 Å². The Bertz CT molecular complexity index is 246. The zero-order chi connectivity index (χ0) is 9.73. The number of rotatable bonds is 4. The molecule has 0 nitrogen and oxygen atoms in total. The topological polar surface area (TPSA) is 0 Å². The molecule has 0 saturated carbocycles. The van der Waals surface area contributed by atoms with Gasteiger partial charge in [-0.2, -0.15) is 0 Å². The highest BCUT2D eigenvalue weighted by atomic mass is 35.7. The molecule has 0 unspecified atom stereocenters. The van der Waals surface area contributed by atoms with Gasteiger partial charge in [-0.25, -0.2) is 0 Å². The van der Waals surface area contributed by atoms with E-state index in [1.807, 2.05) is 18.2 Å². The van der Waals surface area contributed by atoms with Crippen molar-refractivity contribution in [2.75, 3.05) is 0 Å². The van der Waals surface area contributed by atoms with Crippen LogP contribution in [-0.2, 0) is 6.42 Å². The lowest BCUT2D eigenvalue weighted by molar-refractivity contribution is 1.10. The van der Waals surface area contributed by atoms with E-state index in [2.05, 4.69) is 19.1 Å². The summed E-state index contributed by atoms with van der Waals surface area (Å²) in [5.41, 5.74) is 1.33. The normalized spacial score (nSPS) is 11.6. The summed E-state index contributed by atoms with van der Waals surface area (Å²) in [6.45, 7) is 0.151. The maximum absolute atomic E-state index is 6.17. The van der Waals surface area contributed by atoms with Crippen molar-refractivity contribution in [2.45, 2.75) is 25.4 Å². The van der Waals surface area contributed by atoms with E-state index >= 15 is 0 Å². The van der Waals surface area contributed by atoms with Crippen LogP contribution in [0.4, 0.5) is 0 Å². The van der Waals surface area contributed by atoms with Crippen molar-refractivity contribution in [2.24, 2.45) is 0 Å². The van der Waals surface area contributed by atoms with E-state index in [9.17, 15) is 0 Å². The average Bonchev–Trinajstić information content (AvgIpc) is 2.17. The van der Waals surface area contributed by atoms with Gasteiger partial charge in [-0.3, -0.25) is 0 Å². The van der Waals surface area contributed by atoms with Crippen LogP contribution in [0.15, 0.2) is 30.3 Å². The van der Waals surface area contributed by atoms with Gasteiger partial charge in [0.25, 0.3) is 6.69 Å². The zero-order valence-electron chi connectivity index (χ0n) is 7.76. The molecule has 0 aliphatic heterocycles. The van der Waals surface area contributed by atoms with Crippen LogP contribution in [0.5, 0.6) is 0 Å². The summed E-state index contributed by atoms with van der Waals surface area (Å²) in [7, 11) is 0. The van der Waals surface area contributed by atoms with Gasteiger partial charge in [-0.1, -0.05) is 37.3 Å². The Morgan fingerprint density at radius 3 is 2.31 bits per heavy atom. The predicted molar refractivity (Wildman–Crippen MR) is 62.9 cm³/mol. The predicted octanol–water partition coefficient (Wildman–Crippen LogP) is 4.17. The summed E-state index contributed by atoms with van der Waals surface area (Å²) < 4.78 is 0. The van der Waals surface area contributed by atoms with Crippen molar-refractivity contribution in [1.82, 2.24) is 0 Å². The van der Waals surface area contributed by atoms with Crippen LogP contribution in [0.1, 0.15) is 12.5 Å². The molecule has 3 heteroatoms. The highest BCUT2D eigenvalue weighted by Crippen LogP contribution is 2.26. The SMILES string of the molecule is CC[Si](Cl)(Cl)CCc1ccccc1. The van der Waals surface area contributed by atoms with Gasteiger partial charge in [-0.15, -0.1) is 22.2 Å². The second-order valence-corrected chi connectivity index (χ2v) is 11.0. The molecule has 0 radical (unpaired) electrons. The Morgan fingerprint density at radius 2 is 1.77 bits per heavy atom. The molecule has 0 atom stereocenters. The van der Waals surface area contributed by atoms with Crippen LogP contribution >= 0.6 is 22.2 Å². The molecule has 1 aromatic rings. The van der Waals surface area contributed by atoms with E-state index in [0.29, 0.717) is 0 Å². The lowest BCUT2D eigenvalue weighted by Crippen LogP contribution is -2.17. The van der Waals surface area contributed by atoms with Crippen LogP contribution in [0, 0.1) is 0 Å². The van der Waals surface area contributed by atoms with E-state index < -0.39 is 6.69 Å². The fourth-order valence-corrected chi connectivity index (χ4v) is 2.72. The molecular weight excluding hydrogens is 219 g/mol. The Balaban J connectivity index is 2.44. The first-order valence-electron chi connectivity index (χ1n) is 4.56. The van der Waals surface area contributed by atoms with Crippen LogP contribution in [0.2, 0.25) is 12.1 Å². The van der Waals surface area contributed by atoms with Crippen LogP contribution < -0.4 is 0 Å². The number of hydrogen-bond acceptors (Lipinski definition) is 0. The number of aryl methyl sites for hydroxylation is 1. The van der Waals surface area contributed by atoms with Crippen molar-refractivity contribution < 1.29 is 0 Å². The van der Waals surface area contributed by atoms with Crippen molar-refractivity contribution in [3.63, 3.8) is 0 Å². The molecule has 0 aliphatic rings. The first-order chi connectivity index (χ1) is 6.14. The molecule has 0 N–H and O–H groups in total. The van der Waals surface area contributed by atoms with Gasteiger partial charge in [0.1, 0.15) is 0 Å². The summed E-state index contributed by atoms with van der Waals surface area (Å²) in [5.74, 6) is 0. The van der Waals surface area contributed by atoms with E-state index in [1.165, 1.54) is 5.56 Å². The first kappa shape index (κ1) is 11.1. The largest absolute Gasteiger partial charge is 0.251 e. The lowest BCUT2D eigenvalue weighted by atomic mass is 10.2. The van der Waals surface area contributed by atoms with Crippen LogP contribution in [-0.4, -0.2) is 6.69 Å². The third kappa shape index (κ3) is 4.16. The Morgan fingerprint density at radius 1 is 1.15 bits per heavy atom. The average molecular weight is 233 g/mol. The third-order valence-electron chi connectivity index (χ3n) is 2.14. The Labute approximate surface area is 90.3 Å². The first-order valence-corrected chi connectivity index (χ1v) is 8.99. The monoisotopic (exact) mass is 232 g/mol. The highest BCUT2D eigenvalue weighted by molar-refractivity contribution is 7.45. The molecule has 0 heterocycles. The molecule has 0 spiro atoms. The highest BCUT2D eigenvalue weighted by Gasteiger charge is 2.24. The standard InChI is InChI=1S/C10H14Cl2Si/c1-2-13(11,12)9-8-10-6-4-3-5-7-10/h3-7H,2,8-9H2,1H3. The van der Waals surface area contributed by atoms with Crippen molar-refractivity contribution in [3.05, 3.63) is 35.9 Å². The minimum absolute atomic E-state index is 0.933. The molecule has 0 aromatic heterocycles. The minimum atomic E-state index is -1.92. The van der Waals surface area contributed by atoms with Gasteiger partial charge in [0.15, 0.2) is 0 Å². The molecule has 0 fully saturated rings. The van der Waals surface area contributed by atoms with E-state index in [4.69, 9.17) is 22.2 Å². The smallest absolute Gasteiger partial charge is 0.146 e. The summed E-state index contributed by atoms with van der Waals surface area (Å²) in [6.07, 6.45) is 1.01. The van der Waals surface area contributed by atoms with E-state index in [0.717, 1.165) is 18.5 Å². The maximum atomic E-state index is 6.17. The lowest BCUT2D eigenvalue weighted by Gasteiger charge is -2.13. The summed E-state index contributed by atoms with van der Waals surface area (Å²) in [5, 5.41) is 0. The van der Waals surface area contributed by atoms with Gasteiger partial charge in [0.2, 0.25) is 0 Å². The fraction of sp³-hybridized carbons (Fsp3) is 0.400. The molecule has 0 bridgehead atoms. The summed E-state index contributed by atoms with van der Waals surface area (Å²) >= 11 is 12.3. The van der Waals surface area contributed by atoms with Gasteiger partial charge < -0.3 is 0 Å². The minimum Gasteiger partial charge on any atom is -0.146 e. The molecule has 13 heavy (non-hydrogen) atoms. The fourth-order valence-electron chi connectivity index (χ4n) is 1.15. The summed E-state index contributed by atoms with van der Waals surface area (Å²) in [4.78, 5) is 0. The maximum Gasteiger partial charge on any atom is 0.251 e. The molecule has 72 valence electrons. The second kappa shape index (κ2) is 5.04. The van der Waals surface area contributed by atoms with Gasteiger partial charge >= 0.3 is 0 Å². The Hall–Kier alpha value is 0.0169.